The fraction of sp³-hybridized carbons (Fsp3) is 0.280. The lowest BCUT2D eigenvalue weighted by Crippen LogP contribution is -2.44. The van der Waals surface area contributed by atoms with Crippen molar-refractivity contribution in [2.75, 3.05) is 18.8 Å². The number of amides is 1. The monoisotopic (exact) mass is 445 g/mol. The van der Waals surface area contributed by atoms with Crippen LogP contribution in [-0.4, -0.2) is 43.9 Å². The van der Waals surface area contributed by atoms with E-state index in [1.165, 1.54) is 22.3 Å². The number of nitrogens with one attached hydrogen (secondary N) is 1. The van der Waals surface area contributed by atoms with Gasteiger partial charge in [-0.15, -0.1) is 4.40 Å². The first-order chi connectivity index (χ1) is 15.5. The standard InChI is InChI=1S/C25H23N3O3S/c29-25(21-10-5-11-28-12-13-32(30,31)27-24(21)28)26-15-16-14-22-17-6-1-3-8-19(17)23(16)20-9-4-2-7-18(20)22/h1-11,16,22-23H,12-15H2,(H,26,29). The van der Waals surface area contributed by atoms with Crippen molar-refractivity contribution >= 4 is 21.8 Å². The Morgan fingerprint density at radius 3 is 2.38 bits per heavy atom. The molecule has 0 radical (unpaired) electrons. The summed E-state index contributed by atoms with van der Waals surface area (Å²) >= 11 is 0. The summed E-state index contributed by atoms with van der Waals surface area (Å²) in [6.45, 7) is 0.839. The molecular formula is C25H23N3O3S. The number of hydrogen-bond donors (Lipinski definition) is 1. The Bertz CT molecular complexity index is 1280. The van der Waals surface area contributed by atoms with E-state index in [1.807, 2.05) is 0 Å². The third-order valence-electron chi connectivity index (χ3n) is 7.05. The van der Waals surface area contributed by atoms with E-state index >= 15 is 0 Å². The second kappa shape index (κ2) is 7.17. The minimum absolute atomic E-state index is 0.0420. The zero-order chi connectivity index (χ0) is 21.9. The fourth-order valence-electron chi connectivity index (χ4n) is 5.67. The molecular weight excluding hydrogens is 422 g/mol. The van der Waals surface area contributed by atoms with Gasteiger partial charge >= 0.3 is 0 Å². The fourth-order valence-corrected chi connectivity index (χ4v) is 6.66. The number of allylic oxidation sites excluding steroid dienone is 2. The van der Waals surface area contributed by atoms with Crippen molar-refractivity contribution in [2.24, 2.45) is 10.3 Å². The van der Waals surface area contributed by atoms with E-state index < -0.39 is 10.0 Å². The summed E-state index contributed by atoms with van der Waals surface area (Å²) in [5, 5.41) is 3.09. The molecule has 5 aliphatic rings. The van der Waals surface area contributed by atoms with Crippen molar-refractivity contribution in [2.45, 2.75) is 18.3 Å². The number of rotatable bonds is 3. The second-order valence-corrected chi connectivity index (χ2v) is 10.6. The SMILES string of the molecule is O=C(NCC1CC2c3ccccc3C1c1ccccc12)C1=CC=CN2CCS(=O)(=O)N=C12. The first-order valence-corrected chi connectivity index (χ1v) is 12.6. The van der Waals surface area contributed by atoms with Gasteiger partial charge in [-0.05, 0) is 46.7 Å². The summed E-state index contributed by atoms with van der Waals surface area (Å²) in [5.74, 6) is 0.767. The number of amidine groups is 1. The van der Waals surface area contributed by atoms with Gasteiger partial charge < -0.3 is 10.2 Å². The molecule has 0 saturated carbocycles. The van der Waals surface area contributed by atoms with Gasteiger partial charge in [0.15, 0.2) is 5.84 Å². The van der Waals surface area contributed by atoms with Crippen LogP contribution < -0.4 is 5.32 Å². The Labute approximate surface area is 187 Å². The highest BCUT2D eigenvalue weighted by Crippen LogP contribution is 2.55. The molecule has 6 nitrogen and oxygen atoms in total. The van der Waals surface area contributed by atoms with Crippen LogP contribution >= 0.6 is 0 Å². The predicted octanol–water partition coefficient (Wildman–Crippen LogP) is 2.90. The van der Waals surface area contributed by atoms with Crippen LogP contribution in [-0.2, 0) is 14.8 Å². The molecule has 1 amide bonds. The van der Waals surface area contributed by atoms with Gasteiger partial charge in [0, 0.05) is 31.1 Å². The average Bonchev–Trinajstić information content (AvgIpc) is 2.82. The highest BCUT2D eigenvalue weighted by atomic mass is 32.2. The van der Waals surface area contributed by atoms with Gasteiger partial charge in [-0.25, -0.2) is 8.42 Å². The van der Waals surface area contributed by atoms with Gasteiger partial charge in [-0.1, -0.05) is 48.5 Å². The van der Waals surface area contributed by atoms with Crippen LogP contribution in [0, 0.1) is 5.92 Å². The van der Waals surface area contributed by atoms with E-state index in [0.29, 0.717) is 24.6 Å². The van der Waals surface area contributed by atoms with Gasteiger partial charge in [0.2, 0.25) is 0 Å². The molecule has 1 atom stereocenters. The molecule has 0 aromatic heterocycles. The summed E-state index contributed by atoms with van der Waals surface area (Å²) in [6, 6.07) is 17.3. The molecule has 0 spiro atoms. The maximum atomic E-state index is 13.1. The Hall–Kier alpha value is -3.19. The lowest BCUT2D eigenvalue weighted by molar-refractivity contribution is -0.117. The van der Waals surface area contributed by atoms with Crippen molar-refractivity contribution < 1.29 is 13.2 Å². The number of carbonyl (C=O) groups excluding carboxylic acids is 1. The van der Waals surface area contributed by atoms with Gasteiger partial charge in [0.25, 0.3) is 15.9 Å². The Morgan fingerprint density at radius 2 is 1.69 bits per heavy atom. The summed E-state index contributed by atoms with van der Waals surface area (Å²) < 4.78 is 27.9. The zero-order valence-electron chi connectivity index (χ0n) is 17.4. The van der Waals surface area contributed by atoms with Gasteiger partial charge in [-0.3, -0.25) is 4.79 Å². The molecule has 2 aromatic rings. The molecule has 2 bridgehead atoms. The Morgan fingerprint density at radius 1 is 1.03 bits per heavy atom. The van der Waals surface area contributed by atoms with Crippen molar-refractivity contribution in [3.63, 3.8) is 0 Å². The first-order valence-electron chi connectivity index (χ1n) is 11.0. The molecule has 7 rings (SSSR count). The summed E-state index contributed by atoms with van der Waals surface area (Å²) in [4.78, 5) is 14.8. The minimum Gasteiger partial charge on any atom is -0.352 e. The normalized spacial score (nSPS) is 26.4. The molecule has 2 aromatic carbocycles. The molecule has 32 heavy (non-hydrogen) atoms. The highest BCUT2D eigenvalue weighted by Gasteiger charge is 2.43. The number of nitrogens with zero attached hydrogens (tertiary/aromatic N) is 2. The van der Waals surface area contributed by atoms with E-state index in [9.17, 15) is 13.2 Å². The smallest absolute Gasteiger partial charge is 0.256 e. The molecule has 3 aliphatic carbocycles. The summed E-state index contributed by atoms with van der Waals surface area (Å²) in [7, 11) is -3.54. The van der Waals surface area contributed by atoms with E-state index in [2.05, 4.69) is 58.2 Å². The molecule has 7 heteroatoms. The molecule has 1 unspecified atom stereocenters. The van der Waals surface area contributed by atoms with Gasteiger partial charge in [-0.2, -0.15) is 0 Å². The Balaban J connectivity index is 1.27. The van der Waals surface area contributed by atoms with Crippen LogP contribution in [0.4, 0.5) is 0 Å². The average molecular weight is 446 g/mol. The summed E-state index contributed by atoms with van der Waals surface area (Å²) in [5.41, 5.74) is 5.82. The summed E-state index contributed by atoms with van der Waals surface area (Å²) in [6.07, 6.45) is 6.15. The van der Waals surface area contributed by atoms with Crippen molar-refractivity contribution in [1.29, 1.82) is 0 Å². The number of fused-ring (bicyclic) bond motifs is 2. The van der Waals surface area contributed by atoms with Gasteiger partial charge in [0.1, 0.15) is 0 Å². The molecule has 162 valence electrons. The number of benzene rings is 2. The van der Waals surface area contributed by atoms with Crippen LogP contribution in [0.15, 0.2) is 76.9 Å². The topological polar surface area (TPSA) is 78.8 Å². The van der Waals surface area contributed by atoms with Crippen molar-refractivity contribution in [3.8, 4) is 0 Å². The van der Waals surface area contributed by atoms with Crippen LogP contribution in [0.25, 0.3) is 0 Å². The lowest BCUT2D eigenvalue weighted by Gasteiger charge is -2.45. The molecule has 0 fully saturated rings. The molecule has 1 N–H and O–H groups in total. The zero-order valence-corrected chi connectivity index (χ0v) is 18.3. The quantitative estimate of drug-likeness (QED) is 0.788. The lowest BCUT2D eigenvalue weighted by atomic mass is 9.59. The van der Waals surface area contributed by atoms with Crippen LogP contribution in [0.5, 0.6) is 0 Å². The first kappa shape index (κ1) is 19.5. The minimum atomic E-state index is -3.54. The maximum absolute atomic E-state index is 13.1. The van der Waals surface area contributed by atoms with E-state index in [4.69, 9.17) is 0 Å². The van der Waals surface area contributed by atoms with E-state index in [0.717, 1.165) is 6.42 Å². The van der Waals surface area contributed by atoms with E-state index in [1.54, 1.807) is 23.3 Å². The van der Waals surface area contributed by atoms with Crippen molar-refractivity contribution in [1.82, 2.24) is 10.2 Å². The maximum Gasteiger partial charge on any atom is 0.256 e. The number of carbonyl (C=O) groups is 1. The third kappa shape index (κ3) is 3.03. The van der Waals surface area contributed by atoms with Crippen LogP contribution in [0.3, 0.4) is 0 Å². The number of hydrogen-bond acceptors (Lipinski definition) is 4. The van der Waals surface area contributed by atoms with E-state index in [-0.39, 0.29) is 29.3 Å². The van der Waals surface area contributed by atoms with Crippen molar-refractivity contribution in [3.05, 3.63) is 94.7 Å². The second-order valence-electron chi connectivity index (χ2n) is 8.81. The largest absolute Gasteiger partial charge is 0.352 e. The number of sulfonamides is 1. The van der Waals surface area contributed by atoms with Gasteiger partial charge in [0.05, 0.1) is 11.3 Å². The van der Waals surface area contributed by atoms with Crippen LogP contribution in [0.2, 0.25) is 0 Å². The third-order valence-corrected chi connectivity index (χ3v) is 8.20. The molecule has 0 saturated heterocycles. The predicted molar refractivity (Wildman–Crippen MR) is 123 cm³/mol. The molecule has 2 heterocycles. The highest BCUT2D eigenvalue weighted by molar-refractivity contribution is 7.90. The Kier molecular flexibility index (Phi) is 4.37. The molecule has 2 aliphatic heterocycles. The van der Waals surface area contributed by atoms with Crippen LogP contribution in [0.1, 0.15) is 40.5 Å².